The molecule has 0 bridgehead atoms. The molecule has 4 nitrogen and oxygen atoms in total. The maximum Gasteiger partial charge on any atom is 0.216 e. The second kappa shape index (κ2) is 17.9. The van der Waals surface area contributed by atoms with Gasteiger partial charge in [0.05, 0.1) is 5.58 Å². The molecule has 0 spiro atoms. The molecule has 9 aromatic rings. The van der Waals surface area contributed by atoms with Crippen LogP contribution in [0.3, 0.4) is 0 Å². The summed E-state index contributed by atoms with van der Waals surface area (Å²) in [5.74, 6) is 0. The summed E-state index contributed by atoms with van der Waals surface area (Å²) in [7, 11) is 0. The SMILES string of the molecule is [2H]C([2H])([2H])c1c[c-]c(-c2ccc(C([2H])([2H])C(C)(C)C)cn2)cc1-c1ccccc1.[2H]C([2H])([2H])c1ccc2c(n1)oc1c(-c3cc(-c4cc(C([2H])([2H])[2H])c(-c5ccc(C)cc5)cc4C([2H])([2H])[2H])c(C([2H])([2H])[2H])cn3)[c-]ccc12.[Ir]. The van der Waals surface area contributed by atoms with Crippen LogP contribution in [0.4, 0.5) is 0 Å². The Hall–Kier alpha value is -6.00. The molecule has 0 unspecified atom stereocenters. The third-order valence-electron chi connectivity index (χ3n) is 9.86. The van der Waals surface area contributed by atoms with Crippen molar-refractivity contribution >= 4 is 22.1 Å². The van der Waals surface area contributed by atoms with Gasteiger partial charge in [-0.2, -0.15) is 0 Å². The monoisotopic (exact) mass is 991 g/mol. The molecule has 0 aliphatic heterocycles. The Bertz CT molecular complexity index is 3630. The smallest absolute Gasteiger partial charge is 0.216 e. The van der Waals surface area contributed by atoms with Gasteiger partial charge in [-0.1, -0.05) is 135 Å². The predicted molar refractivity (Wildman–Crippen MR) is 250 cm³/mol. The first-order valence-electron chi connectivity index (χ1n) is 27.7. The van der Waals surface area contributed by atoms with Crippen molar-refractivity contribution in [1.29, 1.82) is 0 Å². The van der Waals surface area contributed by atoms with Gasteiger partial charge in [-0.05, 0) is 120 Å². The number of aryl methyl sites for hydroxylation is 6. The number of aromatic nitrogens is 3. The van der Waals surface area contributed by atoms with Gasteiger partial charge < -0.3 is 14.4 Å². The van der Waals surface area contributed by atoms with Gasteiger partial charge in [-0.3, -0.25) is 0 Å². The van der Waals surface area contributed by atoms with Gasteiger partial charge in [0, 0.05) is 66.9 Å². The molecule has 4 aromatic heterocycles. The fraction of sp³-hybridized carbons (Fsp3) is 0.196. The first-order chi connectivity index (χ1) is 35.6. The number of furan rings is 1. The average Bonchev–Trinajstić information content (AvgIpc) is 3.79. The molecule has 4 heterocycles. The van der Waals surface area contributed by atoms with Gasteiger partial charge in [-0.25, -0.2) is 4.98 Å². The van der Waals surface area contributed by atoms with Gasteiger partial charge in [-0.15, -0.1) is 47.5 Å². The molecule has 0 saturated carbocycles. The fourth-order valence-corrected chi connectivity index (χ4v) is 6.98. The zero-order chi connectivity index (χ0) is 56.4. The van der Waals surface area contributed by atoms with E-state index in [1.165, 1.54) is 30.3 Å². The summed E-state index contributed by atoms with van der Waals surface area (Å²) in [6.45, 7) is -5.49. The normalized spacial score (nSPS) is 16.7. The number of hydrogen-bond donors (Lipinski definition) is 0. The molecule has 0 aliphatic rings. The van der Waals surface area contributed by atoms with Crippen molar-refractivity contribution in [3.63, 3.8) is 0 Å². The van der Waals surface area contributed by atoms with Gasteiger partial charge in [0.15, 0.2) is 0 Å². The van der Waals surface area contributed by atoms with Gasteiger partial charge >= 0.3 is 0 Å². The van der Waals surface area contributed by atoms with Crippen LogP contribution < -0.4 is 0 Å². The number of fused-ring (bicyclic) bond motifs is 3. The van der Waals surface area contributed by atoms with E-state index in [9.17, 15) is 0 Å². The summed E-state index contributed by atoms with van der Waals surface area (Å²) in [6, 6.07) is 39.5. The van der Waals surface area contributed by atoms with Crippen LogP contribution in [0.25, 0.3) is 78.0 Å². The summed E-state index contributed by atoms with van der Waals surface area (Å²) in [6.07, 6.45) is 1.14. The van der Waals surface area contributed by atoms with Crippen molar-refractivity contribution in [2.45, 2.75) is 68.3 Å². The van der Waals surface area contributed by atoms with Crippen molar-refractivity contribution < 1.29 is 47.8 Å². The Morgan fingerprint density at radius 3 is 2.07 bits per heavy atom. The van der Waals surface area contributed by atoms with E-state index in [0.29, 0.717) is 38.7 Å². The molecule has 307 valence electrons. The first-order valence-corrected chi connectivity index (χ1v) is 19.2. The van der Waals surface area contributed by atoms with Crippen LogP contribution >= 0.6 is 0 Å². The van der Waals surface area contributed by atoms with E-state index in [1.807, 2.05) is 58.0 Å². The van der Waals surface area contributed by atoms with Gasteiger partial charge in [0.25, 0.3) is 0 Å². The summed E-state index contributed by atoms with van der Waals surface area (Å²) >= 11 is 0. The van der Waals surface area contributed by atoms with E-state index in [-0.39, 0.29) is 87.3 Å². The molecule has 0 aliphatic carbocycles. The van der Waals surface area contributed by atoms with E-state index < -0.39 is 46.0 Å². The summed E-state index contributed by atoms with van der Waals surface area (Å²) in [4.78, 5) is 13.0. The summed E-state index contributed by atoms with van der Waals surface area (Å²) in [5.41, 5.74) is 4.33. The van der Waals surface area contributed by atoms with Crippen LogP contribution in [0.5, 0.6) is 0 Å². The fourth-order valence-electron chi connectivity index (χ4n) is 6.98. The van der Waals surface area contributed by atoms with Crippen LogP contribution in [0, 0.1) is 58.7 Å². The molecule has 61 heavy (non-hydrogen) atoms. The third kappa shape index (κ3) is 9.50. The summed E-state index contributed by atoms with van der Waals surface area (Å²) in [5, 5.41) is 1.10. The number of benzene rings is 5. The van der Waals surface area contributed by atoms with Crippen molar-refractivity contribution in [2.24, 2.45) is 5.41 Å². The number of hydrogen-bond acceptors (Lipinski definition) is 4. The molecule has 1 radical (unpaired) electrons. The second-order valence-electron chi connectivity index (χ2n) is 15.5. The van der Waals surface area contributed by atoms with Gasteiger partial charge in [0.2, 0.25) is 5.71 Å². The topological polar surface area (TPSA) is 51.8 Å². The molecule has 0 amide bonds. The molecule has 5 aromatic carbocycles. The number of pyridine rings is 3. The number of nitrogens with zero attached hydrogens (tertiary/aromatic N) is 3. The van der Waals surface area contributed by atoms with E-state index in [0.717, 1.165) is 17.3 Å². The molecule has 0 saturated heterocycles. The van der Waals surface area contributed by atoms with Crippen LogP contribution in [0.15, 0.2) is 138 Å². The van der Waals surface area contributed by atoms with Crippen LogP contribution in [-0.4, -0.2) is 15.0 Å². The predicted octanol–water partition coefficient (Wildman–Crippen LogP) is 14.8. The standard InChI is InChI=1S/C33H27N2O.C23H24N.Ir/c1-19-9-12-24(13-10-19)28-15-21(3)29(16-20(28)2)30-17-31(34-18-22(30)4)27-8-6-7-25-26-14-11-23(5)35-33(26)36-32(25)27;1-17-10-12-20(14-21(17)19-8-6-5-7-9-19)22-13-11-18(16-24-22)15-23(2,3)4;/h6-7,9-18H,1-5H3;5-11,13-14,16H,15H2,1-4H3;/q2*-1;/i2D3,3D3,4D3,5D3;1D3,15D2;. The maximum atomic E-state index is 8.43. The first kappa shape index (κ1) is 26.4. The summed E-state index contributed by atoms with van der Waals surface area (Å²) < 4.78 is 145. The molecule has 0 atom stereocenters. The Kier molecular flexibility index (Phi) is 7.74. The van der Waals surface area contributed by atoms with Crippen molar-refractivity contribution in [3.8, 4) is 55.9 Å². The minimum Gasteiger partial charge on any atom is -0.486 e. The van der Waals surface area contributed by atoms with Gasteiger partial charge in [0.1, 0.15) is 0 Å². The Balaban J connectivity index is 0.000000252. The molecule has 0 N–H and O–H groups in total. The van der Waals surface area contributed by atoms with E-state index in [4.69, 9.17) is 27.7 Å². The Morgan fingerprint density at radius 2 is 1.34 bits per heavy atom. The van der Waals surface area contributed by atoms with E-state index in [1.54, 1.807) is 66.9 Å². The molecular weight excluding hydrogens is 923 g/mol. The second-order valence-corrected chi connectivity index (χ2v) is 15.5. The molecule has 5 heteroatoms. The quantitative estimate of drug-likeness (QED) is 0.156. The van der Waals surface area contributed by atoms with Crippen LogP contribution in [-0.2, 0) is 26.5 Å². The minimum absolute atomic E-state index is 0. The zero-order valence-corrected chi connectivity index (χ0v) is 36.2. The Labute approximate surface area is 398 Å². The Morgan fingerprint density at radius 1 is 0.639 bits per heavy atom. The third-order valence-corrected chi connectivity index (χ3v) is 9.86. The van der Waals surface area contributed by atoms with E-state index >= 15 is 0 Å². The van der Waals surface area contributed by atoms with Crippen LogP contribution in [0.2, 0.25) is 0 Å². The van der Waals surface area contributed by atoms with Crippen molar-refractivity contribution in [1.82, 2.24) is 15.0 Å². The van der Waals surface area contributed by atoms with Crippen molar-refractivity contribution in [2.75, 3.05) is 0 Å². The molecule has 9 rings (SSSR count). The van der Waals surface area contributed by atoms with Crippen LogP contribution in [0.1, 0.15) is 83.1 Å². The number of rotatable bonds is 6. The zero-order valence-electron chi connectivity index (χ0n) is 50.8. The molecular formula is C56H51IrN3O-2. The van der Waals surface area contributed by atoms with E-state index in [2.05, 4.69) is 27.1 Å². The largest absolute Gasteiger partial charge is 0.486 e. The molecule has 0 fully saturated rings. The maximum absolute atomic E-state index is 8.43. The average molecular weight is 991 g/mol. The minimum atomic E-state index is -2.77. The van der Waals surface area contributed by atoms with Crippen molar-refractivity contribution in [3.05, 3.63) is 185 Å².